The first-order valence-electron chi connectivity index (χ1n) is 6.76. The van der Waals surface area contributed by atoms with Crippen molar-refractivity contribution in [3.63, 3.8) is 0 Å². The van der Waals surface area contributed by atoms with Gasteiger partial charge in [-0.15, -0.1) is 0 Å². The standard InChI is InChI=1S/C17H15BrN2O/c1-11-7-15-16(8-12(11)2)20(10-19-15)17(21)9-13-3-5-14(18)6-4-13/h3-8,10H,9H2,1-2H3. The third-order valence-corrected chi connectivity index (χ3v) is 4.23. The van der Waals surface area contributed by atoms with Crippen LogP contribution < -0.4 is 0 Å². The molecular weight excluding hydrogens is 328 g/mol. The van der Waals surface area contributed by atoms with Crippen molar-refractivity contribution in [3.8, 4) is 0 Å². The summed E-state index contributed by atoms with van der Waals surface area (Å²) in [5.41, 5.74) is 5.09. The molecule has 3 aromatic rings. The highest BCUT2D eigenvalue weighted by molar-refractivity contribution is 9.10. The number of aromatic nitrogens is 2. The van der Waals surface area contributed by atoms with Crippen molar-refractivity contribution in [1.29, 1.82) is 0 Å². The molecule has 0 aliphatic carbocycles. The zero-order valence-corrected chi connectivity index (χ0v) is 13.5. The summed E-state index contributed by atoms with van der Waals surface area (Å²) in [6.45, 7) is 4.10. The predicted octanol–water partition coefficient (Wildman–Crippen LogP) is 4.30. The highest BCUT2D eigenvalue weighted by Crippen LogP contribution is 2.19. The topological polar surface area (TPSA) is 34.9 Å². The number of hydrogen-bond acceptors (Lipinski definition) is 2. The first kappa shape index (κ1) is 14.0. The Balaban J connectivity index is 1.94. The molecule has 0 unspecified atom stereocenters. The monoisotopic (exact) mass is 342 g/mol. The zero-order valence-electron chi connectivity index (χ0n) is 11.9. The first-order chi connectivity index (χ1) is 10.0. The second kappa shape index (κ2) is 5.45. The molecule has 0 amide bonds. The molecule has 0 aliphatic heterocycles. The molecule has 0 saturated carbocycles. The van der Waals surface area contributed by atoms with Crippen LogP contribution in [0.25, 0.3) is 11.0 Å². The van der Waals surface area contributed by atoms with Crippen LogP contribution in [-0.4, -0.2) is 15.5 Å². The van der Waals surface area contributed by atoms with E-state index in [2.05, 4.69) is 27.8 Å². The average molecular weight is 343 g/mol. The number of benzene rings is 2. The van der Waals surface area contributed by atoms with Gasteiger partial charge in [0.1, 0.15) is 6.33 Å². The number of rotatable bonds is 2. The maximum atomic E-state index is 12.5. The Bertz CT molecular complexity index is 819. The Morgan fingerprint density at radius 1 is 1.14 bits per heavy atom. The fraction of sp³-hybridized carbons (Fsp3) is 0.176. The lowest BCUT2D eigenvalue weighted by Crippen LogP contribution is -2.12. The summed E-state index contributed by atoms with van der Waals surface area (Å²) < 4.78 is 2.65. The number of hydrogen-bond donors (Lipinski definition) is 0. The second-order valence-corrected chi connectivity index (χ2v) is 6.15. The largest absolute Gasteiger partial charge is 0.274 e. The molecule has 2 aromatic carbocycles. The van der Waals surface area contributed by atoms with Gasteiger partial charge in [-0.25, -0.2) is 4.98 Å². The van der Waals surface area contributed by atoms with E-state index in [0.29, 0.717) is 6.42 Å². The number of imidazole rings is 1. The van der Waals surface area contributed by atoms with Gasteiger partial charge in [0.15, 0.2) is 0 Å². The lowest BCUT2D eigenvalue weighted by Gasteiger charge is -2.05. The Labute approximate surface area is 131 Å². The van der Waals surface area contributed by atoms with Gasteiger partial charge in [0.05, 0.1) is 17.5 Å². The Morgan fingerprint density at radius 3 is 2.52 bits per heavy atom. The summed E-state index contributed by atoms with van der Waals surface area (Å²) in [5.74, 6) is 0.0306. The van der Waals surface area contributed by atoms with E-state index in [9.17, 15) is 4.79 Å². The molecule has 3 rings (SSSR count). The van der Waals surface area contributed by atoms with E-state index in [4.69, 9.17) is 0 Å². The van der Waals surface area contributed by atoms with Crippen molar-refractivity contribution in [3.05, 3.63) is 63.9 Å². The molecule has 106 valence electrons. The van der Waals surface area contributed by atoms with Gasteiger partial charge in [-0.2, -0.15) is 0 Å². The summed E-state index contributed by atoms with van der Waals surface area (Å²) in [4.78, 5) is 16.8. The molecule has 4 heteroatoms. The number of fused-ring (bicyclic) bond motifs is 1. The smallest absolute Gasteiger partial charge is 0.236 e. The molecule has 0 radical (unpaired) electrons. The molecular formula is C17H15BrN2O. The molecule has 0 fully saturated rings. The predicted molar refractivity (Wildman–Crippen MR) is 87.7 cm³/mol. The molecule has 0 saturated heterocycles. The lowest BCUT2D eigenvalue weighted by atomic mass is 10.1. The van der Waals surface area contributed by atoms with Crippen LogP contribution in [0.2, 0.25) is 0 Å². The Kier molecular flexibility index (Phi) is 3.64. The molecule has 0 aliphatic rings. The van der Waals surface area contributed by atoms with Crippen molar-refractivity contribution in [2.24, 2.45) is 0 Å². The van der Waals surface area contributed by atoms with Gasteiger partial charge in [0.25, 0.3) is 0 Å². The third kappa shape index (κ3) is 2.76. The van der Waals surface area contributed by atoms with Crippen molar-refractivity contribution >= 4 is 32.9 Å². The second-order valence-electron chi connectivity index (χ2n) is 5.24. The average Bonchev–Trinajstić information content (AvgIpc) is 2.85. The van der Waals surface area contributed by atoms with E-state index in [0.717, 1.165) is 21.1 Å². The fourth-order valence-corrected chi connectivity index (χ4v) is 2.59. The quantitative estimate of drug-likeness (QED) is 0.695. The lowest BCUT2D eigenvalue weighted by molar-refractivity contribution is 0.0919. The molecule has 21 heavy (non-hydrogen) atoms. The summed E-state index contributed by atoms with van der Waals surface area (Å²) >= 11 is 3.40. The normalized spacial score (nSPS) is 11.0. The van der Waals surface area contributed by atoms with Gasteiger partial charge in [-0.3, -0.25) is 9.36 Å². The fourth-order valence-electron chi connectivity index (χ4n) is 2.32. The van der Waals surface area contributed by atoms with Crippen molar-refractivity contribution in [1.82, 2.24) is 9.55 Å². The summed E-state index contributed by atoms with van der Waals surface area (Å²) in [6, 6.07) is 11.8. The Morgan fingerprint density at radius 2 is 1.81 bits per heavy atom. The minimum Gasteiger partial charge on any atom is -0.274 e. The van der Waals surface area contributed by atoms with E-state index in [1.165, 1.54) is 11.1 Å². The molecule has 1 aromatic heterocycles. The minimum absolute atomic E-state index is 0.0306. The third-order valence-electron chi connectivity index (χ3n) is 3.70. The van der Waals surface area contributed by atoms with Gasteiger partial charge in [0, 0.05) is 4.47 Å². The Hall–Kier alpha value is -1.94. The van der Waals surface area contributed by atoms with Crippen LogP contribution in [0.4, 0.5) is 0 Å². The summed E-state index contributed by atoms with van der Waals surface area (Å²) in [7, 11) is 0. The molecule has 3 nitrogen and oxygen atoms in total. The molecule has 1 heterocycles. The highest BCUT2D eigenvalue weighted by Gasteiger charge is 2.12. The van der Waals surface area contributed by atoms with Crippen LogP contribution in [0.1, 0.15) is 21.5 Å². The van der Waals surface area contributed by atoms with Crippen molar-refractivity contribution in [2.45, 2.75) is 20.3 Å². The van der Waals surface area contributed by atoms with Gasteiger partial charge < -0.3 is 0 Å². The maximum Gasteiger partial charge on any atom is 0.236 e. The molecule has 0 N–H and O–H groups in total. The van der Waals surface area contributed by atoms with Crippen LogP contribution in [-0.2, 0) is 6.42 Å². The molecule has 0 spiro atoms. The van der Waals surface area contributed by atoms with Crippen LogP contribution in [0.3, 0.4) is 0 Å². The van der Waals surface area contributed by atoms with E-state index in [-0.39, 0.29) is 5.91 Å². The first-order valence-corrected chi connectivity index (χ1v) is 7.56. The van der Waals surface area contributed by atoms with E-state index < -0.39 is 0 Å². The van der Waals surface area contributed by atoms with E-state index in [1.807, 2.05) is 43.3 Å². The van der Waals surface area contributed by atoms with Crippen LogP contribution in [0.5, 0.6) is 0 Å². The zero-order chi connectivity index (χ0) is 15.0. The number of aryl methyl sites for hydroxylation is 2. The van der Waals surface area contributed by atoms with Gasteiger partial charge in [-0.05, 0) is 54.8 Å². The maximum absolute atomic E-state index is 12.5. The van der Waals surface area contributed by atoms with E-state index in [1.54, 1.807) is 10.9 Å². The highest BCUT2D eigenvalue weighted by atomic mass is 79.9. The van der Waals surface area contributed by atoms with Crippen molar-refractivity contribution in [2.75, 3.05) is 0 Å². The number of carbonyl (C=O) groups is 1. The van der Waals surface area contributed by atoms with Crippen LogP contribution in [0.15, 0.2) is 47.2 Å². The van der Waals surface area contributed by atoms with Gasteiger partial charge >= 0.3 is 0 Å². The molecule has 0 bridgehead atoms. The number of carbonyl (C=O) groups excluding carboxylic acids is 1. The van der Waals surface area contributed by atoms with Crippen LogP contribution in [0, 0.1) is 13.8 Å². The van der Waals surface area contributed by atoms with Gasteiger partial charge in [0.2, 0.25) is 5.91 Å². The van der Waals surface area contributed by atoms with Crippen molar-refractivity contribution < 1.29 is 4.79 Å². The number of halogens is 1. The summed E-state index contributed by atoms with van der Waals surface area (Å²) in [6.07, 6.45) is 1.98. The van der Waals surface area contributed by atoms with Crippen LogP contribution >= 0.6 is 15.9 Å². The minimum atomic E-state index is 0.0306. The SMILES string of the molecule is Cc1cc2ncn(C(=O)Cc3ccc(Br)cc3)c2cc1C. The van der Waals surface area contributed by atoms with Gasteiger partial charge in [-0.1, -0.05) is 28.1 Å². The summed E-state index contributed by atoms with van der Waals surface area (Å²) in [5, 5.41) is 0. The molecule has 0 atom stereocenters. The number of nitrogens with zero attached hydrogens (tertiary/aromatic N) is 2. The van der Waals surface area contributed by atoms with E-state index >= 15 is 0 Å².